The quantitative estimate of drug-likeness (QED) is 0.301. The molecule has 3 atom stereocenters. The lowest BCUT2D eigenvalue weighted by atomic mass is 9.87. The highest BCUT2D eigenvalue weighted by Crippen LogP contribution is 2.50. The van der Waals surface area contributed by atoms with E-state index in [-0.39, 0.29) is 18.0 Å². The van der Waals surface area contributed by atoms with Gasteiger partial charge >= 0.3 is 6.09 Å². The van der Waals surface area contributed by atoms with Crippen LogP contribution in [0.5, 0.6) is 0 Å². The van der Waals surface area contributed by atoms with E-state index in [0.29, 0.717) is 13.0 Å². The lowest BCUT2D eigenvalue weighted by Crippen LogP contribution is -2.44. The third-order valence-corrected chi connectivity index (χ3v) is 8.65. The Morgan fingerprint density at radius 1 is 1.21 bits per heavy atom. The van der Waals surface area contributed by atoms with Gasteiger partial charge in [0.2, 0.25) is 13.8 Å². The summed E-state index contributed by atoms with van der Waals surface area (Å²) in [5.41, 5.74) is 0.252. The number of carbonyl (C=O) groups excluding carboxylic acids is 2. The fourth-order valence-corrected chi connectivity index (χ4v) is 6.98. The summed E-state index contributed by atoms with van der Waals surface area (Å²) in [6, 6.07) is 9.15. The molecule has 7 nitrogen and oxygen atoms in total. The van der Waals surface area contributed by atoms with Gasteiger partial charge in [-0.2, -0.15) is 0 Å². The van der Waals surface area contributed by atoms with Crippen LogP contribution in [0.15, 0.2) is 30.3 Å². The first-order chi connectivity index (χ1) is 15.9. The molecule has 2 rings (SSSR count). The molecule has 1 aromatic rings. The molecule has 2 amide bonds. The van der Waals surface area contributed by atoms with E-state index in [4.69, 9.17) is 4.74 Å². The number of nitrogens with zero attached hydrogens (tertiary/aromatic N) is 1. The topological polar surface area (TPSA) is 95.9 Å². The molecule has 0 saturated heterocycles. The zero-order valence-corrected chi connectivity index (χ0v) is 22.3. The van der Waals surface area contributed by atoms with Crippen LogP contribution in [0.3, 0.4) is 0 Å². The van der Waals surface area contributed by atoms with Crippen molar-refractivity contribution in [1.29, 1.82) is 0 Å². The largest absolute Gasteiger partial charge is 0.444 e. The predicted molar refractivity (Wildman–Crippen MR) is 136 cm³/mol. The van der Waals surface area contributed by atoms with Gasteiger partial charge in [-0.3, -0.25) is 9.36 Å². The number of hydrogen-bond donors (Lipinski definition) is 2. The summed E-state index contributed by atoms with van der Waals surface area (Å²) in [7, 11) is -3.88. The zero-order chi connectivity index (χ0) is 25.4. The molecular formula is C26H43N2O5P. The first-order valence-corrected chi connectivity index (χ1v) is 14.4. The van der Waals surface area contributed by atoms with Crippen LogP contribution in [-0.4, -0.2) is 45.9 Å². The van der Waals surface area contributed by atoms with Crippen LogP contribution < -0.4 is 5.32 Å². The Balaban J connectivity index is 2.23. The summed E-state index contributed by atoms with van der Waals surface area (Å²) in [5.74, 6) is -0.652. The van der Waals surface area contributed by atoms with Gasteiger partial charge in [-0.05, 0) is 44.6 Å². The van der Waals surface area contributed by atoms with Gasteiger partial charge in [-0.15, -0.1) is 0 Å². The van der Waals surface area contributed by atoms with Crippen molar-refractivity contribution in [3.63, 3.8) is 0 Å². The Labute approximate surface area is 205 Å². The van der Waals surface area contributed by atoms with Gasteiger partial charge < -0.3 is 19.8 Å². The molecule has 0 radical (unpaired) electrons. The maximum atomic E-state index is 13.8. The van der Waals surface area contributed by atoms with E-state index in [0.717, 1.165) is 37.7 Å². The first kappa shape index (κ1) is 28.4. The minimum Gasteiger partial charge on any atom is -0.444 e. The minimum atomic E-state index is -3.88. The van der Waals surface area contributed by atoms with Crippen molar-refractivity contribution in [1.82, 2.24) is 10.2 Å². The standard InChI is InChI=1S/C26H43N2O5P/c1-20(2)23(28(19-29)17-22-14-10-7-11-15-22)18-34(31,32)24(16-21-12-8-6-9-13-21)27-25(30)33-26(3,4)5/h7,10-11,14-15,19-21,23-24H,6,8-9,12-13,16-18H2,1-5H3,(H,27,30)(H,31,32). The maximum Gasteiger partial charge on any atom is 0.408 e. The zero-order valence-electron chi connectivity index (χ0n) is 21.4. The number of rotatable bonds is 11. The van der Waals surface area contributed by atoms with E-state index < -0.39 is 30.9 Å². The summed E-state index contributed by atoms with van der Waals surface area (Å²) < 4.78 is 19.2. The van der Waals surface area contributed by atoms with Crippen molar-refractivity contribution >= 4 is 19.9 Å². The van der Waals surface area contributed by atoms with Crippen LogP contribution in [0, 0.1) is 11.8 Å². The molecule has 3 unspecified atom stereocenters. The molecule has 1 aliphatic carbocycles. The van der Waals surface area contributed by atoms with E-state index in [1.165, 1.54) is 6.42 Å². The maximum absolute atomic E-state index is 13.8. The molecule has 0 aromatic heterocycles. The molecule has 1 aromatic carbocycles. The average Bonchev–Trinajstić information content (AvgIpc) is 2.75. The van der Waals surface area contributed by atoms with Crippen molar-refractivity contribution < 1.29 is 23.8 Å². The van der Waals surface area contributed by atoms with Gasteiger partial charge in [0.15, 0.2) is 0 Å². The van der Waals surface area contributed by atoms with Crippen LogP contribution in [-0.2, 0) is 20.6 Å². The monoisotopic (exact) mass is 494 g/mol. The molecule has 1 saturated carbocycles. The summed E-state index contributed by atoms with van der Waals surface area (Å²) in [6.07, 6.45) is 5.81. The normalized spacial score (nSPS) is 18.6. The van der Waals surface area contributed by atoms with Crippen LogP contribution in [0.25, 0.3) is 0 Å². The van der Waals surface area contributed by atoms with Gasteiger partial charge in [-0.1, -0.05) is 76.3 Å². The van der Waals surface area contributed by atoms with Crippen LogP contribution in [0.1, 0.15) is 78.7 Å². The Kier molecular flexibility index (Phi) is 10.6. The molecule has 0 spiro atoms. The molecular weight excluding hydrogens is 451 g/mol. The van der Waals surface area contributed by atoms with Crippen LogP contribution in [0.2, 0.25) is 0 Å². The van der Waals surface area contributed by atoms with E-state index in [1.54, 1.807) is 25.7 Å². The summed E-state index contributed by atoms with van der Waals surface area (Å²) in [6.45, 7) is 9.55. The molecule has 8 heteroatoms. The van der Waals surface area contributed by atoms with Gasteiger partial charge in [0.05, 0.1) is 0 Å². The molecule has 34 heavy (non-hydrogen) atoms. The summed E-state index contributed by atoms with van der Waals surface area (Å²) in [5, 5.41) is 2.73. The molecule has 0 bridgehead atoms. The van der Waals surface area contributed by atoms with Crippen molar-refractivity contribution in [2.75, 3.05) is 6.16 Å². The third-order valence-electron chi connectivity index (χ3n) is 6.44. The van der Waals surface area contributed by atoms with Crippen molar-refractivity contribution in [2.45, 2.75) is 97.1 Å². The van der Waals surface area contributed by atoms with E-state index in [9.17, 15) is 19.0 Å². The van der Waals surface area contributed by atoms with Gasteiger partial charge in [0.25, 0.3) is 0 Å². The van der Waals surface area contributed by atoms with Crippen LogP contribution in [0.4, 0.5) is 4.79 Å². The first-order valence-electron chi connectivity index (χ1n) is 12.5. The average molecular weight is 495 g/mol. The minimum absolute atomic E-state index is 0.0359. The van der Waals surface area contributed by atoms with E-state index in [1.807, 2.05) is 44.2 Å². The number of ether oxygens (including phenoxy) is 1. The highest BCUT2D eigenvalue weighted by molar-refractivity contribution is 7.58. The van der Waals surface area contributed by atoms with E-state index >= 15 is 0 Å². The number of carbonyl (C=O) groups is 2. The second kappa shape index (κ2) is 12.7. The number of hydrogen-bond acceptors (Lipinski definition) is 4. The SMILES string of the molecule is CC(C)C(CP(=O)(O)C(CC1CCCCC1)NC(=O)OC(C)(C)C)N(C=O)Cc1ccccc1. The van der Waals surface area contributed by atoms with Crippen molar-refractivity contribution in [2.24, 2.45) is 11.8 Å². The molecule has 2 N–H and O–H groups in total. The summed E-state index contributed by atoms with van der Waals surface area (Å²) in [4.78, 5) is 37.5. The number of alkyl carbamates (subject to hydrolysis) is 1. The van der Waals surface area contributed by atoms with Crippen LogP contribution >= 0.6 is 7.37 Å². The number of amides is 2. The highest BCUT2D eigenvalue weighted by Gasteiger charge is 2.39. The van der Waals surface area contributed by atoms with Gasteiger partial charge in [-0.25, -0.2) is 4.79 Å². The van der Waals surface area contributed by atoms with E-state index in [2.05, 4.69) is 5.32 Å². The second-order valence-corrected chi connectivity index (χ2v) is 13.4. The number of nitrogens with one attached hydrogen (secondary N) is 1. The van der Waals surface area contributed by atoms with Gasteiger partial charge in [0.1, 0.15) is 11.4 Å². The molecule has 1 aliphatic rings. The highest BCUT2D eigenvalue weighted by atomic mass is 31.2. The second-order valence-electron chi connectivity index (χ2n) is 10.9. The molecule has 0 aliphatic heterocycles. The van der Waals surface area contributed by atoms with Crippen molar-refractivity contribution in [3.8, 4) is 0 Å². The lowest BCUT2D eigenvalue weighted by molar-refractivity contribution is -0.121. The Bertz CT molecular complexity index is 818. The van der Waals surface area contributed by atoms with Crippen molar-refractivity contribution in [3.05, 3.63) is 35.9 Å². The molecule has 0 heterocycles. The van der Waals surface area contributed by atoms with Gasteiger partial charge in [0, 0.05) is 18.7 Å². The molecule has 192 valence electrons. The third kappa shape index (κ3) is 9.42. The Hall–Kier alpha value is -1.85. The Morgan fingerprint density at radius 3 is 2.35 bits per heavy atom. The Morgan fingerprint density at radius 2 is 1.82 bits per heavy atom. The summed E-state index contributed by atoms with van der Waals surface area (Å²) >= 11 is 0. The predicted octanol–water partition coefficient (Wildman–Crippen LogP) is 5.76. The fourth-order valence-electron chi connectivity index (χ4n) is 4.63. The number of benzene rings is 1. The fraction of sp³-hybridized carbons (Fsp3) is 0.692. The molecule has 1 fully saturated rings. The smallest absolute Gasteiger partial charge is 0.408 e. The lowest BCUT2D eigenvalue weighted by Gasteiger charge is -2.36.